The Hall–Kier alpha value is -0.0800. The van der Waals surface area contributed by atoms with Crippen LogP contribution in [0.4, 0.5) is 0 Å². The molecule has 0 heterocycles. The normalized spacial score (nSPS) is 16.8. The first-order valence-electron chi connectivity index (χ1n) is 6.17. The van der Waals surface area contributed by atoms with Crippen LogP contribution in [0.25, 0.3) is 0 Å². The standard InChI is InChI=1S/C13H29NO/c1-7-12(10(2)3)14-11(9-15)8-13(4,5)6/h10-12,14-15H,7-9H2,1-6H3. The molecule has 0 fully saturated rings. The lowest BCUT2D eigenvalue weighted by Crippen LogP contribution is -2.44. The number of aliphatic hydroxyl groups is 1. The summed E-state index contributed by atoms with van der Waals surface area (Å²) >= 11 is 0. The van der Waals surface area contributed by atoms with E-state index in [1.165, 1.54) is 0 Å². The quantitative estimate of drug-likeness (QED) is 0.714. The third kappa shape index (κ3) is 6.91. The fourth-order valence-corrected chi connectivity index (χ4v) is 2.00. The van der Waals surface area contributed by atoms with E-state index < -0.39 is 0 Å². The zero-order chi connectivity index (χ0) is 12.1. The van der Waals surface area contributed by atoms with Gasteiger partial charge in [-0.3, -0.25) is 0 Å². The Balaban J connectivity index is 4.19. The maximum atomic E-state index is 9.35. The molecule has 2 N–H and O–H groups in total. The van der Waals surface area contributed by atoms with Gasteiger partial charge in [-0.05, 0) is 24.2 Å². The van der Waals surface area contributed by atoms with E-state index in [-0.39, 0.29) is 18.1 Å². The van der Waals surface area contributed by atoms with Gasteiger partial charge in [0.25, 0.3) is 0 Å². The summed E-state index contributed by atoms with van der Waals surface area (Å²) in [6.45, 7) is 13.5. The monoisotopic (exact) mass is 215 g/mol. The van der Waals surface area contributed by atoms with E-state index in [4.69, 9.17) is 0 Å². The molecule has 0 aromatic heterocycles. The molecule has 0 aromatic carbocycles. The van der Waals surface area contributed by atoms with Crippen molar-refractivity contribution in [1.29, 1.82) is 0 Å². The van der Waals surface area contributed by atoms with Crippen molar-refractivity contribution in [2.24, 2.45) is 11.3 Å². The van der Waals surface area contributed by atoms with Crippen molar-refractivity contribution in [2.75, 3.05) is 6.61 Å². The predicted octanol–water partition coefficient (Wildman–Crippen LogP) is 2.81. The Labute approximate surface area is 95.5 Å². The third-order valence-electron chi connectivity index (χ3n) is 2.77. The molecular weight excluding hydrogens is 186 g/mol. The fourth-order valence-electron chi connectivity index (χ4n) is 2.00. The van der Waals surface area contributed by atoms with Crippen LogP contribution in [0.1, 0.15) is 54.4 Å². The summed E-state index contributed by atoms with van der Waals surface area (Å²) < 4.78 is 0. The molecule has 0 radical (unpaired) electrons. The van der Waals surface area contributed by atoms with Gasteiger partial charge in [-0.2, -0.15) is 0 Å². The Bertz CT molecular complexity index is 160. The van der Waals surface area contributed by atoms with Gasteiger partial charge in [0, 0.05) is 12.1 Å². The summed E-state index contributed by atoms with van der Waals surface area (Å²) in [5.41, 5.74) is 0.273. The Morgan fingerprint density at radius 2 is 1.73 bits per heavy atom. The van der Waals surface area contributed by atoms with E-state index in [0.717, 1.165) is 12.8 Å². The van der Waals surface area contributed by atoms with Gasteiger partial charge < -0.3 is 10.4 Å². The fraction of sp³-hybridized carbons (Fsp3) is 1.00. The smallest absolute Gasteiger partial charge is 0.0584 e. The van der Waals surface area contributed by atoms with Crippen molar-refractivity contribution >= 4 is 0 Å². The molecule has 15 heavy (non-hydrogen) atoms. The molecule has 0 aliphatic carbocycles. The highest BCUT2D eigenvalue weighted by Gasteiger charge is 2.21. The predicted molar refractivity (Wildman–Crippen MR) is 67.0 cm³/mol. The SMILES string of the molecule is CCC(NC(CO)CC(C)(C)C)C(C)C. The molecule has 0 saturated heterocycles. The van der Waals surface area contributed by atoms with Crippen LogP contribution < -0.4 is 5.32 Å². The lowest BCUT2D eigenvalue weighted by Gasteiger charge is -2.30. The minimum absolute atomic E-state index is 0.234. The third-order valence-corrected chi connectivity index (χ3v) is 2.77. The Morgan fingerprint density at radius 3 is 2.00 bits per heavy atom. The topological polar surface area (TPSA) is 32.3 Å². The van der Waals surface area contributed by atoms with Crippen LogP contribution >= 0.6 is 0 Å². The number of hydrogen-bond donors (Lipinski definition) is 2. The Kier molecular flexibility index (Phi) is 6.46. The van der Waals surface area contributed by atoms with Gasteiger partial charge in [-0.1, -0.05) is 41.5 Å². The molecule has 0 aliphatic heterocycles. The Morgan fingerprint density at radius 1 is 1.20 bits per heavy atom. The molecule has 92 valence electrons. The first kappa shape index (κ1) is 14.9. The number of nitrogens with one attached hydrogen (secondary N) is 1. The van der Waals surface area contributed by atoms with Crippen LogP contribution in [-0.2, 0) is 0 Å². The number of hydrogen-bond acceptors (Lipinski definition) is 2. The molecule has 0 bridgehead atoms. The van der Waals surface area contributed by atoms with Gasteiger partial charge in [0.1, 0.15) is 0 Å². The molecule has 0 aliphatic rings. The van der Waals surface area contributed by atoms with Gasteiger partial charge in [-0.25, -0.2) is 0 Å². The second-order valence-corrected chi connectivity index (χ2v) is 6.07. The van der Waals surface area contributed by atoms with Crippen LogP contribution in [0.3, 0.4) is 0 Å². The van der Waals surface area contributed by atoms with Crippen molar-refractivity contribution in [3.63, 3.8) is 0 Å². The minimum atomic E-state index is 0.234. The molecule has 2 unspecified atom stereocenters. The zero-order valence-corrected chi connectivity index (χ0v) is 11.3. The van der Waals surface area contributed by atoms with Crippen LogP contribution in [0, 0.1) is 11.3 Å². The minimum Gasteiger partial charge on any atom is -0.395 e. The molecular formula is C13H29NO. The van der Waals surface area contributed by atoms with E-state index in [1.54, 1.807) is 0 Å². The summed E-state index contributed by atoms with van der Waals surface area (Å²) in [6.07, 6.45) is 2.14. The van der Waals surface area contributed by atoms with E-state index in [2.05, 4.69) is 46.9 Å². The van der Waals surface area contributed by atoms with E-state index in [9.17, 15) is 5.11 Å². The molecule has 0 saturated carbocycles. The molecule has 0 rings (SSSR count). The summed E-state index contributed by atoms with van der Waals surface area (Å²) in [5.74, 6) is 0.629. The van der Waals surface area contributed by atoms with Crippen LogP contribution in [0.15, 0.2) is 0 Å². The maximum Gasteiger partial charge on any atom is 0.0584 e. The summed E-state index contributed by atoms with van der Waals surface area (Å²) in [5, 5.41) is 12.9. The lowest BCUT2D eigenvalue weighted by molar-refractivity contribution is 0.177. The van der Waals surface area contributed by atoms with E-state index >= 15 is 0 Å². The van der Waals surface area contributed by atoms with Gasteiger partial charge in [0.15, 0.2) is 0 Å². The first-order valence-corrected chi connectivity index (χ1v) is 6.17. The molecule has 0 amide bonds. The summed E-state index contributed by atoms with van der Waals surface area (Å²) in [6, 6.07) is 0.752. The number of rotatable bonds is 6. The van der Waals surface area contributed by atoms with Crippen molar-refractivity contribution in [1.82, 2.24) is 5.32 Å². The van der Waals surface area contributed by atoms with E-state index in [0.29, 0.717) is 12.0 Å². The largest absolute Gasteiger partial charge is 0.395 e. The average molecular weight is 215 g/mol. The molecule has 0 spiro atoms. The summed E-state index contributed by atoms with van der Waals surface area (Å²) in [4.78, 5) is 0. The second-order valence-electron chi connectivity index (χ2n) is 6.07. The highest BCUT2D eigenvalue weighted by atomic mass is 16.3. The lowest BCUT2D eigenvalue weighted by atomic mass is 9.87. The van der Waals surface area contributed by atoms with Gasteiger partial charge in [0.05, 0.1) is 6.61 Å². The van der Waals surface area contributed by atoms with Crippen molar-refractivity contribution in [3.05, 3.63) is 0 Å². The second kappa shape index (κ2) is 6.49. The van der Waals surface area contributed by atoms with Gasteiger partial charge >= 0.3 is 0 Å². The highest BCUT2D eigenvalue weighted by molar-refractivity contribution is 4.79. The van der Waals surface area contributed by atoms with Crippen molar-refractivity contribution < 1.29 is 5.11 Å². The molecule has 2 nitrogen and oxygen atoms in total. The van der Waals surface area contributed by atoms with E-state index in [1.807, 2.05) is 0 Å². The van der Waals surface area contributed by atoms with Gasteiger partial charge in [0.2, 0.25) is 0 Å². The molecule has 0 aromatic rings. The van der Waals surface area contributed by atoms with Gasteiger partial charge in [-0.15, -0.1) is 0 Å². The van der Waals surface area contributed by atoms with Crippen LogP contribution in [0.5, 0.6) is 0 Å². The molecule has 2 atom stereocenters. The summed E-state index contributed by atoms with van der Waals surface area (Å²) in [7, 11) is 0. The zero-order valence-electron chi connectivity index (χ0n) is 11.3. The highest BCUT2D eigenvalue weighted by Crippen LogP contribution is 2.21. The van der Waals surface area contributed by atoms with Crippen molar-refractivity contribution in [2.45, 2.75) is 66.5 Å². The first-order chi connectivity index (χ1) is 6.80. The molecule has 2 heteroatoms. The van der Waals surface area contributed by atoms with Crippen LogP contribution in [-0.4, -0.2) is 23.8 Å². The maximum absolute atomic E-state index is 9.35. The average Bonchev–Trinajstić information content (AvgIpc) is 2.09. The number of aliphatic hydroxyl groups excluding tert-OH is 1. The van der Waals surface area contributed by atoms with Crippen molar-refractivity contribution in [3.8, 4) is 0 Å². The van der Waals surface area contributed by atoms with Crippen LogP contribution in [0.2, 0.25) is 0 Å².